The van der Waals surface area contributed by atoms with E-state index in [9.17, 15) is 12.8 Å². The lowest BCUT2D eigenvalue weighted by Gasteiger charge is -2.07. The summed E-state index contributed by atoms with van der Waals surface area (Å²) >= 11 is 0. The summed E-state index contributed by atoms with van der Waals surface area (Å²) in [6, 6.07) is 3.60. The van der Waals surface area contributed by atoms with Crippen molar-refractivity contribution in [3.63, 3.8) is 0 Å². The zero-order valence-electron chi connectivity index (χ0n) is 9.46. The maximum Gasteiger partial charge on any atom is 0.265 e. The molecule has 2 aromatic rings. The molecule has 0 saturated carbocycles. The third-order valence-corrected chi connectivity index (χ3v) is 3.58. The van der Waals surface area contributed by atoms with Crippen molar-refractivity contribution in [3.8, 4) is 0 Å². The highest BCUT2D eigenvalue weighted by molar-refractivity contribution is 7.92. The number of nitrogens with zero attached hydrogens (tertiary/aromatic N) is 2. The van der Waals surface area contributed by atoms with Gasteiger partial charge in [-0.2, -0.15) is 5.10 Å². The number of nitrogen functional groups attached to an aromatic ring is 1. The van der Waals surface area contributed by atoms with E-state index in [0.717, 1.165) is 6.07 Å². The van der Waals surface area contributed by atoms with Gasteiger partial charge in [-0.05, 0) is 18.2 Å². The van der Waals surface area contributed by atoms with Crippen molar-refractivity contribution in [1.82, 2.24) is 9.78 Å². The van der Waals surface area contributed by atoms with E-state index in [1.54, 1.807) is 7.05 Å². The molecular formula is C10H11FN4O2S. The van der Waals surface area contributed by atoms with Crippen molar-refractivity contribution in [2.24, 2.45) is 7.05 Å². The maximum atomic E-state index is 12.9. The molecule has 6 nitrogen and oxygen atoms in total. The van der Waals surface area contributed by atoms with Crippen LogP contribution in [0.15, 0.2) is 35.5 Å². The van der Waals surface area contributed by atoms with E-state index < -0.39 is 15.8 Å². The number of halogens is 1. The van der Waals surface area contributed by atoms with Gasteiger partial charge in [-0.3, -0.25) is 9.40 Å². The van der Waals surface area contributed by atoms with Crippen LogP contribution in [-0.2, 0) is 17.1 Å². The van der Waals surface area contributed by atoms with Crippen molar-refractivity contribution in [1.29, 1.82) is 0 Å². The van der Waals surface area contributed by atoms with E-state index >= 15 is 0 Å². The Morgan fingerprint density at radius 2 is 2.17 bits per heavy atom. The molecule has 0 fully saturated rings. The number of rotatable bonds is 3. The molecule has 96 valence electrons. The van der Waals surface area contributed by atoms with Crippen LogP contribution in [0.2, 0.25) is 0 Å². The Bertz CT molecular complexity index is 681. The average Bonchev–Trinajstić information content (AvgIpc) is 2.71. The second-order valence-electron chi connectivity index (χ2n) is 3.69. The van der Waals surface area contributed by atoms with Gasteiger partial charge in [0.2, 0.25) is 0 Å². The van der Waals surface area contributed by atoms with Crippen molar-refractivity contribution in [3.05, 3.63) is 36.4 Å². The smallest absolute Gasteiger partial charge is 0.265 e. The molecule has 1 aromatic carbocycles. The first kappa shape index (κ1) is 12.4. The highest BCUT2D eigenvalue weighted by atomic mass is 32.2. The molecule has 8 heteroatoms. The molecule has 3 N–H and O–H groups in total. The summed E-state index contributed by atoms with van der Waals surface area (Å²) in [7, 11) is -2.13. The van der Waals surface area contributed by atoms with Gasteiger partial charge in [0, 0.05) is 13.2 Å². The van der Waals surface area contributed by atoms with Gasteiger partial charge in [-0.15, -0.1) is 0 Å². The Balaban J connectivity index is 2.30. The van der Waals surface area contributed by atoms with Gasteiger partial charge in [0.1, 0.15) is 10.7 Å². The lowest BCUT2D eigenvalue weighted by Crippen LogP contribution is -2.12. The minimum atomic E-state index is -3.73. The van der Waals surface area contributed by atoms with Crippen LogP contribution >= 0.6 is 0 Å². The summed E-state index contributed by atoms with van der Waals surface area (Å²) in [5.74, 6) is -0.598. The van der Waals surface area contributed by atoms with E-state index in [0.29, 0.717) is 0 Å². The van der Waals surface area contributed by atoms with E-state index in [1.165, 1.54) is 29.2 Å². The molecule has 0 bridgehead atoms. The molecule has 0 radical (unpaired) electrons. The number of benzene rings is 1. The first-order chi connectivity index (χ1) is 8.38. The van der Waals surface area contributed by atoms with Crippen LogP contribution in [0.25, 0.3) is 0 Å². The van der Waals surface area contributed by atoms with Gasteiger partial charge < -0.3 is 5.73 Å². The largest absolute Gasteiger partial charge is 0.396 e. The van der Waals surface area contributed by atoms with Gasteiger partial charge in [0.25, 0.3) is 10.0 Å². The van der Waals surface area contributed by atoms with Gasteiger partial charge in [-0.25, -0.2) is 12.8 Å². The number of hydrogen-bond acceptors (Lipinski definition) is 4. The third kappa shape index (κ3) is 2.43. The number of aromatic nitrogens is 2. The summed E-state index contributed by atoms with van der Waals surface area (Å²) in [5.41, 5.74) is 5.42. The summed E-state index contributed by atoms with van der Waals surface area (Å²) < 4.78 is 40.4. The van der Waals surface area contributed by atoms with Crippen molar-refractivity contribution < 1.29 is 12.8 Å². The standard InChI is InChI=1S/C10H11FN4O2S/c1-15-6-8(5-13-15)18(16,17)14-7-2-3-9(11)10(12)4-7/h2-6,14H,12H2,1H3. The fourth-order valence-corrected chi connectivity index (χ4v) is 2.39. The van der Waals surface area contributed by atoms with Crippen LogP contribution < -0.4 is 10.5 Å². The molecule has 0 aliphatic heterocycles. The van der Waals surface area contributed by atoms with Crippen molar-refractivity contribution in [2.45, 2.75) is 4.90 Å². The Morgan fingerprint density at radius 1 is 1.44 bits per heavy atom. The van der Waals surface area contributed by atoms with Crippen LogP contribution in [0.3, 0.4) is 0 Å². The molecule has 0 aliphatic carbocycles. The highest BCUT2D eigenvalue weighted by Gasteiger charge is 2.16. The minimum absolute atomic E-state index is 0.0212. The van der Waals surface area contributed by atoms with E-state index in [2.05, 4.69) is 9.82 Å². The highest BCUT2D eigenvalue weighted by Crippen LogP contribution is 2.19. The van der Waals surface area contributed by atoms with Gasteiger partial charge in [0.15, 0.2) is 0 Å². The first-order valence-corrected chi connectivity index (χ1v) is 6.43. The second-order valence-corrected chi connectivity index (χ2v) is 5.37. The Hall–Kier alpha value is -2.09. The lowest BCUT2D eigenvalue weighted by atomic mass is 10.3. The summed E-state index contributed by atoms with van der Waals surface area (Å²) in [4.78, 5) is 0.0212. The monoisotopic (exact) mass is 270 g/mol. The molecular weight excluding hydrogens is 259 g/mol. The number of nitrogens with two attached hydrogens (primary N) is 1. The summed E-state index contributed by atoms with van der Waals surface area (Å²) in [6.45, 7) is 0. The predicted molar refractivity (Wildman–Crippen MR) is 64.8 cm³/mol. The van der Waals surface area contributed by atoms with Crippen LogP contribution in [0.4, 0.5) is 15.8 Å². The Labute approximate surface area is 103 Å². The maximum absolute atomic E-state index is 12.9. The zero-order valence-corrected chi connectivity index (χ0v) is 10.3. The van der Waals surface area contributed by atoms with E-state index in [-0.39, 0.29) is 16.3 Å². The molecule has 1 heterocycles. The van der Waals surface area contributed by atoms with Crippen LogP contribution in [0.5, 0.6) is 0 Å². The molecule has 0 amide bonds. The topological polar surface area (TPSA) is 90.0 Å². The fourth-order valence-electron chi connectivity index (χ4n) is 1.36. The van der Waals surface area contributed by atoms with Gasteiger partial charge >= 0.3 is 0 Å². The number of nitrogens with one attached hydrogen (secondary N) is 1. The minimum Gasteiger partial charge on any atom is -0.396 e. The quantitative estimate of drug-likeness (QED) is 0.812. The molecule has 1 aromatic heterocycles. The third-order valence-electron chi connectivity index (χ3n) is 2.24. The number of hydrogen-bond donors (Lipinski definition) is 2. The van der Waals surface area contributed by atoms with Crippen molar-refractivity contribution in [2.75, 3.05) is 10.5 Å². The van der Waals surface area contributed by atoms with Gasteiger partial charge in [0.05, 0.1) is 17.6 Å². The SMILES string of the molecule is Cn1cc(S(=O)(=O)Nc2ccc(F)c(N)c2)cn1. The van der Waals surface area contributed by atoms with Crippen LogP contribution in [0, 0.1) is 5.82 Å². The molecule has 18 heavy (non-hydrogen) atoms. The second kappa shape index (κ2) is 4.30. The van der Waals surface area contributed by atoms with E-state index in [4.69, 9.17) is 5.73 Å². The first-order valence-electron chi connectivity index (χ1n) is 4.95. The van der Waals surface area contributed by atoms with Gasteiger partial charge in [-0.1, -0.05) is 0 Å². The molecule has 0 aliphatic rings. The molecule has 0 atom stereocenters. The van der Waals surface area contributed by atoms with E-state index in [1.807, 2.05) is 0 Å². The molecule has 2 rings (SSSR count). The number of aryl methyl sites for hydroxylation is 1. The average molecular weight is 270 g/mol. The normalized spacial score (nSPS) is 11.4. The molecule has 0 saturated heterocycles. The van der Waals surface area contributed by atoms with Crippen LogP contribution in [0.1, 0.15) is 0 Å². The molecule has 0 unspecified atom stereocenters. The fraction of sp³-hybridized carbons (Fsp3) is 0.100. The predicted octanol–water partition coefficient (Wildman–Crippen LogP) is 0.942. The lowest BCUT2D eigenvalue weighted by molar-refractivity contribution is 0.601. The Morgan fingerprint density at radius 3 is 2.72 bits per heavy atom. The van der Waals surface area contributed by atoms with Crippen LogP contribution in [-0.4, -0.2) is 18.2 Å². The zero-order chi connectivity index (χ0) is 13.3. The van der Waals surface area contributed by atoms with Crippen molar-refractivity contribution >= 4 is 21.4 Å². The number of anilines is 2. The molecule has 0 spiro atoms. The summed E-state index contributed by atoms with van der Waals surface area (Å²) in [5, 5.41) is 3.77. The summed E-state index contributed by atoms with van der Waals surface area (Å²) in [6.07, 6.45) is 2.57. The Kier molecular flexibility index (Phi) is 2.95. The number of sulfonamides is 1.